The fourth-order valence-corrected chi connectivity index (χ4v) is 2.66. The highest BCUT2D eigenvalue weighted by atomic mass is 32.2. The first kappa shape index (κ1) is 15.9. The van der Waals surface area contributed by atoms with E-state index >= 15 is 0 Å². The zero-order chi connectivity index (χ0) is 14.7. The molecule has 0 atom stereocenters. The van der Waals surface area contributed by atoms with Crippen molar-refractivity contribution in [1.82, 2.24) is 9.62 Å². The standard InChI is InChI=1S/C11H15F3N2O2S/c1-16(2)8-7-15-19(17,18)10-6-4-3-5-9(10)11(12,13)14/h3-6,15H,7-8H2,1-2H3. The van der Waals surface area contributed by atoms with Crippen molar-refractivity contribution in [3.05, 3.63) is 29.8 Å². The molecular weight excluding hydrogens is 281 g/mol. The predicted octanol–water partition coefficient (Wildman–Crippen LogP) is 1.55. The summed E-state index contributed by atoms with van der Waals surface area (Å²) in [7, 11) is -0.698. The van der Waals surface area contributed by atoms with Gasteiger partial charge in [-0.1, -0.05) is 12.1 Å². The fraction of sp³-hybridized carbons (Fsp3) is 0.455. The summed E-state index contributed by atoms with van der Waals surface area (Å²) in [5, 5.41) is 0. The van der Waals surface area contributed by atoms with E-state index in [1.165, 1.54) is 6.07 Å². The average molecular weight is 296 g/mol. The van der Waals surface area contributed by atoms with Gasteiger partial charge in [0.05, 0.1) is 10.5 Å². The average Bonchev–Trinajstić information content (AvgIpc) is 2.27. The molecule has 0 unspecified atom stereocenters. The summed E-state index contributed by atoms with van der Waals surface area (Å²) in [6, 6.07) is 4.11. The minimum Gasteiger partial charge on any atom is -0.308 e. The lowest BCUT2D eigenvalue weighted by Gasteiger charge is -2.14. The van der Waals surface area contributed by atoms with E-state index in [0.717, 1.165) is 18.2 Å². The smallest absolute Gasteiger partial charge is 0.308 e. The number of nitrogens with zero attached hydrogens (tertiary/aromatic N) is 1. The van der Waals surface area contributed by atoms with Crippen LogP contribution >= 0.6 is 0 Å². The molecule has 0 aromatic heterocycles. The molecule has 0 bridgehead atoms. The number of nitrogens with one attached hydrogen (secondary N) is 1. The van der Waals surface area contributed by atoms with Gasteiger partial charge in [0.1, 0.15) is 0 Å². The molecule has 0 aliphatic carbocycles. The molecule has 1 aromatic rings. The van der Waals surface area contributed by atoms with E-state index in [1.807, 2.05) is 0 Å². The predicted molar refractivity (Wildman–Crippen MR) is 65.2 cm³/mol. The minimum atomic E-state index is -4.70. The zero-order valence-corrected chi connectivity index (χ0v) is 11.3. The summed E-state index contributed by atoms with van der Waals surface area (Å²) in [5.74, 6) is 0. The van der Waals surface area contributed by atoms with Gasteiger partial charge in [-0.05, 0) is 26.2 Å². The largest absolute Gasteiger partial charge is 0.417 e. The van der Waals surface area contributed by atoms with Crippen molar-refractivity contribution in [2.75, 3.05) is 27.2 Å². The Morgan fingerprint density at radius 1 is 1.21 bits per heavy atom. The van der Waals surface area contributed by atoms with E-state index in [2.05, 4.69) is 4.72 Å². The Balaban J connectivity index is 3.02. The van der Waals surface area contributed by atoms with Gasteiger partial charge < -0.3 is 4.90 Å². The summed E-state index contributed by atoms with van der Waals surface area (Å²) >= 11 is 0. The van der Waals surface area contributed by atoms with Crippen LogP contribution in [0.25, 0.3) is 0 Å². The van der Waals surface area contributed by atoms with Crippen molar-refractivity contribution in [1.29, 1.82) is 0 Å². The van der Waals surface area contributed by atoms with Gasteiger partial charge in [0.25, 0.3) is 0 Å². The second-order valence-corrected chi connectivity index (χ2v) is 5.93. The summed E-state index contributed by atoms with van der Waals surface area (Å²) in [5.41, 5.74) is -1.16. The second kappa shape index (κ2) is 5.89. The quantitative estimate of drug-likeness (QED) is 0.897. The molecule has 0 spiro atoms. The van der Waals surface area contributed by atoms with E-state index in [-0.39, 0.29) is 6.54 Å². The number of likely N-dealkylation sites (N-methyl/N-ethyl adjacent to an activating group) is 1. The molecule has 1 N–H and O–H groups in total. The molecular formula is C11H15F3N2O2S. The molecule has 0 aliphatic rings. The SMILES string of the molecule is CN(C)CCNS(=O)(=O)c1ccccc1C(F)(F)F. The molecule has 8 heteroatoms. The summed E-state index contributed by atoms with van der Waals surface area (Å²) in [4.78, 5) is 0.972. The number of halogens is 3. The van der Waals surface area contributed by atoms with Gasteiger partial charge in [0.15, 0.2) is 0 Å². The molecule has 0 saturated carbocycles. The number of alkyl halides is 3. The molecule has 0 saturated heterocycles. The van der Waals surface area contributed by atoms with Gasteiger partial charge in [-0.25, -0.2) is 13.1 Å². The minimum absolute atomic E-state index is 0.0432. The van der Waals surface area contributed by atoms with E-state index in [1.54, 1.807) is 19.0 Å². The Morgan fingerprint density at radius 2 is 1.79 bits per heavy atom. The lowest BCUT2D eigenvalue weighted by atomic mass is 10.2. The van der Waals surface area contributed by atoms with E-state index in [4.69, 9.17) is 0 Å². The Morgan fingerprint density at radius 3 is 2.32 bits per heavy atom. The highest BCUT2D eigenvalue weighted by Crippen LogP contribution is 2.33. The van der Waals surface area contributed by atoms with E-state index in [9.17, 15) is 21.6 Å². The van der Waals surface area contributed by atoms with Crippen LogP contribution in [0.2, 0.25) is 0 Å². The third-order valence-electron chi connectivity index (χ3n) is 2.33. The highest BCUT2D eigenvalue weighted by Gasteiger charge is 2.36. The number of hydrogen-bond donors (Lipinski definition) is 1. The number of hydrogen-bond acceptors (Lipinski definition) is 3. The van der Waals surface area contributed by atoms with Crippen LogP contribution < -0.4 is 4.72 Å². The van der Waals surface area contributed by atoms with Gasteiger partial charge >= 0.3 is 6.18 Å². The first-order valence-corrected chi connectivity index (χ1v) is 6.93. The van der Waals surface area contributed by atoms with Gasteiger partial charge in [0, 0.05) is 13.1 Å². The van der Waals surface area contributed by atoms with Gasteiger partial charge in [-0.2, -0.15) is 13.2 Å². The van der Waals surface area contributed by atoms with Crippen LogP contribution in [0.1, 0.15) is 5.56 Å². The van der Waals surface area contributed by atoms with Crippen LogP contribution in [-0.2, 0) is 16.2 Å². The Labute approximate surface area is 110 Å². The van der Waals surface area contributed by atoms with Crippen molar-refractivity contribution >= 4 is 10.0 Å². The number of sulfonamides is 1. The van der Waals surface area contributed by atoms with Crippen molar-refractivity contribution in [2.45, 2.75) is 11.1 Å². The summed E-state index contributed by atoms with van der Waals surface area (Å²) in [6.07, 6.45) is -4.70. The molecule has 1 rings (SSSR count). The van der Waals surface area contributed by atoms with Crippen LogP contribution in [0, 0.1) is 0 Å². The molecule has 0 amide bonds. The van der Waals surface area contributed by atoms with Crippen molar-refractivity contribution in [3.63, 3.8) is 0 Å². The van der Waals surface area contributed by atoms with E-state index in [0.29, 0.717) is 6.54 Å². The molecule has 19 heavy (non-hydrogen) atoms. The molecule has 0 radical (unpaired) electrons. The molecule has 0 aliphatic heterocycles. The second-order valence-electron chi connectivity index (χ2n) is 4.19. The van der Waals surface area contributed by atoms with E-state index < -0.39 is 26.7 Å². The lowest BCUT2D eigenvalue weighted by molar-refractivity contribution is -0.139. The Kier molecular flexibility index (Phi) is 4.94. The van der Waals surface area contributed by atoms with Crippen molar-refractivity contribution in [3.8, 4) is 0 Å². The lowest BCUT2D eigenvalue weighted by Crippen LogP contribution is -2.32. The first-order valence-electron chi connectivity index (χ1n) is 5.45. The molecule has 0 heterocycles. The van der Waals surface area contributed by atoms with Gasteiger partial charge in [-0.3, -0.25) is 0 Å². The maximum absolute atomic E-state index is 12.7. The molecule has 108 valence electrons. The van der Waals surface area contributed by atoms with Crippen molar-refractivity contribution < 1.29 is 21.6 Å². The fourth-order valence-electron chi connectivity index (χ4n) is 1.42. The van der Waals surface area contributed by atoms with Crippen LogP contribution in [0.15, 0.2) is 29.2 Å². The van der Waals surface area contributed by atoms with Crippen LogP contribution in [0.5, 0.6) is 0 Å². The monoisotopic (exact) mass is 296 g/mol. The zero-order valence-electron chi connectivity index (χ0n) is 10.5. The Hall–Kier alpha value is -1.12. The van der Waals surface area contributed by atoms with Gasteiger partial charge in [-0.15, -0.1) is 0 Å². The maximum Gasteiger partial charge on any atom is 0.417 e. The summed E-state index contributed by atoms with van der Waals surface area (Å²) in [6.45, 7) is 0.439. The van der Waals surface area contributed by atoms with Gasteiger partial charge in [0.2, 0.25) is 10.0 Å². The molecule has 4 nitrogen and oxygen atoms in total. The first-order chi connectivity index (χ1) is 8.64. The normalized spacial score (nSPS) is 12.9. The van der Waals surface area contributed by atoms with Crippen molar-refractivity contribution in [2.24, 2.45) is 0 Å². The van der Waals surface area contributed by atoms with Crippen LogP contribution in [-0.4, -0.2) is 40.5 Å². The summed E-state index contributed by atoms with van der Waals surface area (Å²) < 4.78 is 64.0. The molecule has 0 fully saturated rings. The Bertz CT molecular complexity index is 527. The highest BCUT2D eigenvalue weighted by molar-refractivity contribution is 7.89. The third-order valence-corrected chi connectivity index (χ3v) is 3.85. The molecule has 1 aromatic carbocycles. The number of benzene rings is 1. The van der Waals surface area contributed by atoms with Crippen LogP contribution in [0.3, 0.4) is 0 Å². The third kappa shape index (κ3) is 4.48. The maximum atomic E-state index is 12.7. The van der Waals surface area contributed by atoms with Crippen LogP contribution in [0.4, 0.5) is 13.2 Å². The number of rotatable bonds is 5. The topological polar surface area (TPSA) is 49.4 Å².